The van der Waals surface area contributed by atoms with Crippen molar-refractivity contribution < 1.29 is 9.47 Å². The number of hydrogen-bond donors (Lipinski definition) is 1. The zero-order valence-electron chi connectivity index (χ0n) is 8.71. The van der Waals surface area contributed by atoms with Crippen molar-refractivity contribution in [3.05, 3.63) is 0 Å². The predicted molar refractivity (Wildman–Crippen MR) is 52.9 cm³/mol. The van der Waals surface area contributed by atoms with Crippen LogP contribution < -0.4 is 5.32 Å². The lowest BCUT2D eigenvalue weighted by Gasteiger charge is -2.19. The molecule has 0 aromatic heterocycles. The van der Waals surface area contributed by atoms with Crippen LogP contribution >= 0.6 is 0 Å². The van der Waals surface area contributed by atoms with Gasteiger partial charge in [0.2, 0.25) is 0 Å². The van der Waals surface area contributed by atoms with Crippen molar-refractivity contribution in [1.82, 2.24) is 5.32 Å². The average molecular weight is 187 g/mol. The van der Waals surface area contributed by atoms with Crippen molar-refractivity contribution in [3.63, 3.8) is 0 Å². The van der Waals surface area contributed by atoms with Gasteiger partial charge in [0.25, 0.3) is 0 Å². The first-order valence-corrected chi connectivity index (χ1v) is 5.23. The topological polar surface area (TPSA) is 30.5 Å². The Balaban J connectivity index is 2.13. The summed E-state index contributed by atoms with van der Waals surface area (Å²) in [6.07, 6.45) is 3.97. The standard InChI is InChI=1S/C10H21NO2/c1-3-12-8-9(11-2)7-10-5-4-6-13-10/h9-11H,3-8H2,1-2H3. The van der Waals surface area contributed by atoms with Crippen LogP contribution in [0.4, 0.5) is 0 Å². The molecule has 2 unspecified atom stereocenters. The average Bonchev–Trinajstić information content (AvgIpc) is 2.64. The van der Waals surface area contributed by atoms with Crippen LogP contribution in [0.1, 0.15) is 26.2 Å². The number of ether oxygens (including phenoxy) is 2. The highest BCUT2D eigenvalue weighted by Crippen LogP contribution is 2.16. The van der Waals surface area contributed by atoms with Gasteiger partial charge in [-0.25, -0.2) is 0 Å². The molecular weight excluding hydrogens is 166 g/mol. The van der Waals surface area contributed by atoms with Crippen LogP contribution in [0, 0.1) is 0 Å². The molecule has 1 heterocycles. The van der Waals surface area contributed by atoms with Crippen molar-refractivity contribution in [2.45, 2.75) is 38.3 Å². The zero-order valence-corrected chi connectivity index (χ0v) is 8.71. The maximum atomic E-state index is 5.57. The molecule has 2 atom stereocenters. The summed E-state index contributed by atoms with van der Waals surface area (Å²) >= 11 is 0. The van der Waals surface area contributed by atoms with Gasteiger partial charge in [0.1, 0.15) is 0 Å². The van der Waals surface area contributed by atoms with Crippen molar-refractivity contribution in [2.24, 2.45) is 0 Å². The fourth-order valence-electron chi connectivity index (χ4n) is 1.68. The lowest BCUT2D eigenvalue weighted by Crippen LogP contribution is -2.34. The lowest BCUT2D eigenvalue weighted by atomic mass is 10.1. The van der Waals surface area contributed by atoms with Crippen molar-refractivity contribution in [2.75, 3.05) is 26.9 Å². The van der Waals surface area contributed by atoms with Gasteiger partial charge in [-0.3, -0.25) is 0 Å². The molecule has 3 heteroatoms. The minimum atomic E-state index is 0.447. The van der Waals surface area contributed by atoms with E-state index in [2.05, 4.69) is 5.32 Å². The molecule has 0 aliphatic carbocycles. The Morgan fingerprint density at radius 2 is 2.46 bits per heavy atom. The zero-order chi connectivity index (χ0) is 9.52. The van der Waals surface area contributed by atoms with Crippen molar-refractivity contribution in [1.29, 1.82) is 0 Å². The molecular formula is C10H21NO2. The molecule has 3 nitrogen and oxygen atoms in total. The van der Waals surface area contributed by atoms with Crippen LogP contribution in [0.5, 0.6) is 0 Å². The van der Waals surface area contributed by atoms with E-state index in [9.17, 15) is 0 Å². The molecule has 1 aliphatic rings. The number of likely N-dealkylation sites (N-methyl/N-ethyl adjacent to an activating group) is 1. The van der Waals surface area contributed by atoms with Gasteiger partial charge in [-0.15, -0.1) is 0 Å². The summed E-state index contributed by atoms with van der Waals surface area (Å²) in [6, 6.07) is 0.447. The summed E-state index contributed by atoms with van der Waals surface area (Å²) in [7, 11) is 1.98. The van der Waals surface area contributed by atoms with Crippen LogP contribution in [0.25, 0.3) is 0 Å². The monoisotopic (exact) mass is 187 g/mol. The minimum Gasteiger partial charge on any atom is -0.380 e. The van der Waals surface area contributed by atoms with E-state index < -0.39 is 0 Å². The Hall–Kier alpha value is -0.120. The highest BCUT2D eigenvalue weighted by atomic mass is 16.5. The maximum Gasteiger partial charge on any atom is 0.0620 e. The molecule has 0 saturated carbocycles. The van der Waals surface area contributed by atoms with E-state index in [0.29, 0.717) is 12.1 Å². The molecule has 1 fully saturated rings. The molecule has 0 aromatic rings. The van der Waals surface area contributed by atoms with Crippen LogP contribution in [0.15, 0.2) is 0 Å². The largest absolute Gasteiger partial charge is 0.380 e. The Morgan fingerprint density at radius 1 is 1.62 bits per heavy atom. The third-order valence-corrected chi connectivity index (χ3v) is 2.50. The third kappa shape index (κ3) is 4.07. The van der Waals surface area contributed by atoms with E-state index >= 15 is 0 Å². The molecule has 0 spiro atoms. The van der Waals surface area contributed by atoms with Crippen LogP contribution in [-0.2, 0) is 9.47 Å². The molecule has 0 amide bonds. The number of nitrogens with one attached hydrogen (secondary N) is 1. The molecule has 1 N–H and O–H groups in total. The summed E-state index contributed by atoms with van der Waals surface area (Å²) < 4.78 is 10.9. The molecule has 0 aromatic carbocycles. The fraction of sp³-hybridized carbons (Fsp3) is 1.00. The van der Waals surface area contributed by atoms with E-state index in [4.69, 9.17) is 9.47 Å². The second-order valence-electron chi connectivity index (χ2n) is 3.52. The highest BCUT2D eigenvalue weighted by molar-refractivity contribution is 4.73. The van der Waals surface area contributed by atoms with Gasteiger partial charge in [-0.05, 0) is 33.2 Å². The van der Waals surface area contributed by atoms with Gasteiger partial charge < -0.3 is 14.8 Å². The van der Waals surface area contributed by atoms with Crippen LogP contribution in [0.3, 0.4) is 0 Å². The first-order valence-electron chi connectivity index (χ1n) is 5.23. The van der Waals surface area contributed by atoms with E-state index in [1.54, 1.807) is 0 Å². The maximum absolute atomic E-state index is 5.57. The lowest BCUT2D eigenvalue weighted by molar-refractivity contribution is 0.0689. The summed E-state index contributed by atoms with van der Waals surface area (Å²) in [5.74, 6) is 0. The van der Waals surface area contributed by atoms with Gasteiger partial charge in [-0.1, -0.05) is 0 Å². The first kappa shape index (κ1) is 11.0. The summed E-state index contributed by atoms with van der Waals surface area (Å²) in [5, 5.41) is 3.26. The van der Waals surface area contributed by atoms with Crippen molar-refractivity contribution >= 4 is 0 Å². The van der Waals surface area contributed by atoms with E-state index in [0.717, 1.165) is 26.2 Å². The first-order chi connectivity index (χ1) is 6.36. The Morgan fingerprint density at radius 3 is 3.00 bits per heavy atom. The SMILES string of the molecule is CCOCC(CC1CCCO1)NC. The fourth-order valence-corrected chi connectivity index (χ4v) is 1.68. The smallest absolute Gasteiger partial charge is 0.0620 e. The van der Waals surface area contributed by atoms with Gasteiger partial charge >= 0.3 is 0 Å². The molecule has 13 heavy (non-hydrogen) atoms. The van der Waals surface area contributed by atoms with E-state index in [1.807, 2.05) is 14.0 Å². The molecule has 1 saturated heterocycles. The van der Waals surface area contributed by atoms with Gasteiger partial charge in [-0.2, -0.15) is 0 Å². The molecule has 1 aliphatic heterocycles. The predicted octanol–water partition coefficient (Wildman–Crippen LogP) is 1.18. The van der Waals surface area contributed by atoms with Gasteiger partial charge in [0, 0.05) is 19.3 Å². The second-order valence-corrected chi connectivity index (χ2v) is 3.52. The summed E-state index contributed by atoms with van der Waals surface area (Å²) in [6.45, 7) is 4.56. The Labute approximate surface area is 80.8 Å². The van der Waals surface area contributed by atoms with Crippen LogP contribution in [0.2, 0.25) is 0 Å². The number of rotatable bonds is 6. The second kappa shape index (κ2) is 6.35. The van der Waals surface area contributed by atoms with Crippen LogP contribution in [-0.4, -0.2) is 39.0 Å². The highest BCUT2D eigenvalue weighted by Gasteiger charge is 2.19. The number of hydrogen-bond acceptors (Lipinski definition) is 3. The van der Waals surface area contributed by atoms with Crippen molar-refractivity contribution in [3.8, 4) is 0 Å². The Bertz CT molecular complexity index is 124. The van der Waals surface area contributed by atoms with E-state index in [1.165, 1.54) is 12.8 Å². The molecule has 78 valence electrons. The van der Waals surface area contributed by atoms with Gasteiger partial charge in [0.15, 0.2) is 0 Å². The quantitative estimate of drug-likeness (QED) is 0.677. The third-order valence-electron chi connectivity index (χ3n) is 2.50. The molecule has 0 radical (unpaired) electrons. The van der Waals surface area contributed by atoms with Gasteiger partial charge in [0.05, 0.1) is 12.7 Å². The minimum absolute atomic E-state index is 0.447. The summed E-state index contributed by atoms with van der Waals surface area (Å²) in [5.41, 5.74) is 0. The Kier molecular flexibility index (Phi) is 5.35. The molecule has 1 rings (SSSR count). The normalized spacial score (nSPS) is 24.9. The molecule has 0 bridgehead atoms. The van der Waals surface area contributed by atoms with E-state index in [-0.39, 0.29) is 0 Å². The summed E-state index contributed by atoms with van der Waals surface area (Å²) in [4.78, 5) is 0.